The summed E-state index contributed by atoms with van der Waals surface area (Å²) in [5.74, 6) is 0. The van der Waals surface area contributed by atoms with Crippen molar-refractivity contribution in [3.63, 3.8) is 0 Å². The van der Waals surface area contributed by atoms with Crippen LogP contribution in [0.15, 0.2) is 24.5 Å². The summed E-state index contributed by atoms with van der Waals surface area (Å²) in [5, 5.41) is 2.60. The van der Waals surface area contributed by atoms with Gasteiger partial charge in [-0.15, -0.1) is 0 Å². The summed E-state index contributed by atoms with van der Waals surface area (Å²) >= 11 is 0. The maximum atomic E-state index is 4.14. The lowest BCUT2D eigenvalue weighted by Crippen LogP contribution is -1.88. The second kappa shape index (κ2) is 2.84. The maximum absolute atomic E-state index is 4.14. The van der Waals surface area contributed by atoms with Gasteiger partial charge in [-0.2, -0.15) is 0 Å². The number of nitrogens with zero attached hydrogens (tertiary/aromatic N) is 1. The Hall–Kier alpha value is -1.37. The Morgan fingerprint density at radius 2 is 1.77 bits per heavy atom. The Kier molecular flexibility index (Phi) is 1.80. The predicted octanol–water partition coefficient (Wildman–Crippen LogP) is 3.16. The summed E-state index contributed by atoms with van der Waals surface area (Å²) in [6.07, 6.45) is 3.80. The molecule has 13 heavy (non-hydrogen) atoms. The van der Waals surface area contributed by atoms with Gasteiger partial charge in [-0.25, -0.2) is 0 Å². The predicted molar refractivity (Wildman–Crippen MR) is 56.0 cm³/mol. The molecule has 0 fully saturated rings. The van der Waals surface area contributed by atoms with Gasteiger partial charge in [0.2, 0.25) is 0 Å². The number of pyridine rings is 1. The molecule has 0 radical (unpaired) electrons. The highest BCUT2D eigenvalue weighted by atomic mass is 14.6. The van der Waals surface area contributed by atoms with Crippen molar-refractivity contribution in [2.75, 3.05) is 0 Å². The van der Waals surface area contributed by atoms with Crippen LogP contribution in [0, 0.1) is 20.8 Å². The highest BCUT2D eigenvalue weighted by Gasteiger charge is 2.02. The van der Waals surface area contributed by atoms with E-state index in [1.54, 1.807) is 0 Å². The molecule has 0 aliphatic rings. The number of aryl methyl sites for hydroxylation is 3. The first-order valence-electron chi connectivity index (χ1n) is 4.50. The Morgan fingerprint density at radius 3 is 2.54 bits per heavy atom. The van der Waals surface area contributed by atoms with E-state index < -0.39 is 0 Å². The van der Waals surface area contributed by atoms with Crippen LogP contribution in [0.5, 0.6) is 0 Å². The van der Waals surface area contributed by atoms with Crippen LogP contribution >= 0.6 is 0 Å². The van der Waals surface area contributed by atoms with Gasteiger partial charge in [0, 0.05) is 17.8 Å². The van der Waals surface area contributed by atoms with Crippen LogP contribution in [0.25, 0.3) is 10.8 Å². The number of aromatic nitrogens is 1. The molecule has 2 aromatic rings. The monoisotopic (exact) mass is 171 g/mol. The van der Waals surface area contributed by atoms with Gasteiger partial charge >= 0.3 is 0 Å². The first-order valence-corrected chi connectivity index (χ1v) is 4.50. The zero-order valence-electron chi connectivity index (χ0n) is 8.26. The highest BCUT2D eigenvalue weighted by Crippen LogP contribution is 2.23. The minimum Gasteiger partial charge on any atom is -0.264 e. The van der Waals surface area contributed by atoms with Gasteiger partial charge in [0.25, 0.3) is 0 Å². The number of benzene rings is 1. The van der Waals surface area contributed by atoms with Crippen LogP contribution in [-0.4, -0.2) is 4.98 Å². The quantitative estimate of drug-likeness (QED) is 0.593. The average Bonchev–Trinajstić information content (AvgIpc) is 2.15. The molecule has 1 heteroatoms. The van der Waals surface area contributed by atoms with Crippen molar-refractivity contribution in [3.8, 4) is 0 Å². The SMILES string of the molecule is Cc1cc(C)c2cnccc2c1C. The van der Waals surface area contributed by atoms with Crippen LogP contribution in [-0.2, 0) is 0 Å². The molecule has 0 saturated carbocycles. The van der Waals surface area contributed by atoms with Gasteiger partial charge in [-0.3, -0.25) is 4.98 Å². The van der Waals surface area contributed by atoms with E-state index in [-0.39, 0.29) is 0 Å². The lowest BCUT2D eigenvalue weighted by atomic mass is 9.99. The molecule has 0 atom stereocenters. The summed E-state index contributed by atoms with van der Waals surface area (Å²) in [5.41, 5.74) is 4.03. The Bertz CT molecular complexity index is 458. The fourth-order valence-electron chi connectivity index (χ4n) is 1.76. The molecule has 2 rings (SSSR count). The number of hydrogen-bond donors (Lipinski definition) is 0. The molecule has 0 unspecified atom stereocenters. The molecule has 0 amide bonds. The van der Waals surface area contributed by atoms with Crippen LogP contribution < -0.4 is 0 Å². The second-order valence-electron chi connectivity index (χ2n) is 3.56. The van der Waals surface area contributed by atoms with Crippen molar-refractivity contribution in [1.82, 2.24) is 4.98 Å². The minimum atomic E-state index is 1.27. The molecule has 1 aromatic heterocycles. The van der Waals surface area contributed by atoms with Gasteiger partial charge in [0.05, 0.1) is 0 Å². The summed E-state index contributed by atoms with van der Waals surface area (Å²) in [6, 6.07) is 4.31. The maximum Gasteiger partial charge on any atom is 0.0349 e. The zero-order valence-corrected chi connectivity index (χ0v) is 8.26. The van der Waals surface area contributed by atoms with Gasteiger partial charge in [0.1, 0.15) is 0 Å². The van der Waals surface area contributed by atoms with E-state index in [1.165, 1.54) is 27.5 Å². The molecule has 0 bridgehead atoms. The highest BCUT2D eigenvalue weighted by molar-refractivity contribution is 5.88. The molecular weight excluding hydrogens is 158 g/mol. The lowest BCUT2D eigenvalue weighted by molar-refractivity contribution is 1.30. The number of fused-ring (bicyclic) bond motifs is 1. The standard InChI is InChI=1S/C12H13N/c1-8-6-9(2)12-7-13-5-4-11(12)10(8)3/h4-7H,1-3H3. The largest absolute Gasteiger partial charge is 0.264 e. The molecule has 1 aromatic carbocycles. The van der Waals surface area contributed by atoms with E-state index in [4.69, 9.17) is 0 Å². The number of hydrogen-bond acceptors (Lipinski definition) is 1. The van der Waals surface area contributed by atoms with Crippen molar-refractivity contribution in [2.24, 2.45) is 0 Å². The summed E-state index contributed by atoms with van der Waals surface area (Å²) < 4.78 is 0. The van der Waals surface area contributed by atoms with Gasteiger partial charge < -0.3 is 0 Å². The Balaban J connectivity index is 2.97. The van der Waals surface area contributed by atoms with Crippen LogP contribution in [0.1, 0.15) is 16.7 Å². The summed E-state index contributed by atoms with van der Waals surface area (Å²) in [4.78, 5) is 4.14. The zero-order chi connectivity index (χ0) is 9.42. The average molecular weight is 171 g/mol. The molecule has 0 saturated heterocycles. The van der Waals surface area contributed by atoms with E-state index in [1.807, 2.05) is 12.4 Å². The fraction of sp³-hybridized carbons (Fsp3) is 0.250. The Morgan fingerprint density at radius 1 is 1.00 bits per heavy atom. The van der Waals surface area contributed by atoms with E-state index in [0.29, 0.717) is 0 Å². The lowest BCUT2D eigenvalue weighted by Gasteiger charge is -2.07. The third-order valence-corrected chi connectivity index (χ3v) is 2.67. The molecule has 0 N–H and O–H groups in total. The first-order chi connectivity index (χ1) is 6.20. The third-order valence-electron chi connectivity index (χ3n) is 2.67. The van der Waals surface area contributed by atoms with Crippen molar-refractivity contribution in [1.29, 1.82) is 0 Å². The minimum absolute atomic E-state index is 1.27. The van der Waals surface area contributed by atoms with Crippen LogP contribution in [0.2, 0.25) is 0 Å². The van der Waals surface area contributed by atoms with Gasteiger partial charge in [-0.1, -0.05) is 6.07 Å². The van der Waals surface area contributed by atoms with Gasteiger partial charge in [0.15, 0.2) is 0 Å². The smallest absolute Gasteiger partial charge is 0.0349 e. The molecule has 1 nitrogen and oxygen atoms in total. The molecule has 0 aliphatic heterocycles. The van der Waals surface area contributed by atoms with Crippen LogP contribution in [0.4, 0.5) is 0 Å². The van der Waals surface area contributed by atoms with E-state index in [2.05, 4.69) is 37.9 Å². The van der Waals surface area contributed by atoms with Crippen molar-refractivity contribution in [3.05, 3.63) is 41.2 Å². The fourth-order valence-corrected chi connectivity index (χ4v) is 1.76. The summed E-state index contributed by atoms with van der Waals surface area (Å²) in [6.45, 7) is 6.45. The van der Waals surface area contributed by atoms with Crippen molar-refractivity contribution >= 4 is 10.8 Å². The summed E-state index contributed by atoms with van der Waals surface area (Å²) in [7, 11) is 0. The first kappa shape index (κ1) is 8.24. The second-order valence-corrected chi connectivity index (χ2v) is 3.56. The molecule has 0 aliphatic carbocycles. The number of rotatable bonds is 0. The van der Waals surface area contributed by atoms with E-state index in [0.717, 1.165) is 0 Å². The van der Waals surface area contributed by atoms with E-state index >= 15 is 0 Å². The molecular formula is C12H13N. The van der Waals surface area contributed by atoms with Crippen molar-refractivity contribution in [2.45, 2.75) is 20.8 Å². The van der Waals surface area contributed by atoms with Gasteiger partial charge in [-0.05, 0) is 48.9 Å². The molecule has 66 valence electrons. The Labute approximate surface area is 78.4 Å². The van der Waals surface area contributed by atoms with Crippen LogP contribution in [0.3, 0.4) is 0 Å². The normalized spacial score (nSPS) is 10.7. The van der Waals surface area contributed by atoms with Crippen molar-refractivity contribution < 1.29 is 0 Å². The topological polar surface area (TPSA) is 12.9 Å². The third kappa shape index (κ3) is 1.21. The molecule has 1 heterocycles. The van der Waals surface area contributed by atoms with E-state index in [9.17, 15) is 0 Å². The molecule has 0 spiro atoms.